The molecule has 0 saturated carbocycles. The van der Waals surface area contributed by atoms with Crippen LogP contribution in [-0.4, -0.2) is 101 Å². The second-order valence-electron chi connectivity index (χ2n) is 15.2. The minimum atomic E-state index is -3.76. The van der Waals surface area contributed by atoms with Gasteiger partial charge in [-0.05, 0) is 81.8 Å². The van der Waals surface area contributed by atoms with Crippen molar-refractivity contribution in [2.45, 2.75) is 71.1 Å². The number of imide groups is 1. The van der Waals surface area contributed by atoms with Crippen molar-refractivity contribution in [2.24, 2.45) is 0 Å². The molecule has 13 heteroatoms. The van der Waals surface area contributed by atoms with Crippen LogP contribution in [0.15, 0.2) is 85.2 Å². The van der Waals surface area contributed by atoms with Crippen molar-refractivity contribution in [3.8, 4) is 0 Å². The van der Waals surface area contributed by atoms with E-state index in [0.29, 0.717) is 35.8 Å². The fourth-order valence-electron chi connectivity index (χ4n) is 8.22. The molecule has 2 fully saturated rings. The maximum atomic E-state index is 13.4. The Morgan fingerprint density at radius 1 is 0.818 bits per heavy atom. The summed E-state index contributed by atoms with van der Waals surface area (Å²) in [6, 6.07) is 25.3. The third kappa shape index (κ3) is 8.34. The number of carbonyl (C=O) groups is 3. The zero-order valence-electron chi connectivity index (χ0n) is 31.8. The number of rotatable bonds is 12. The van der Waals surface area contributed by atoms with Gasteiger partial charge in [0, 0.05) is 63.1 Å². The Kier molecular flexibility index (Phi) is 11.2. The Morgan fingerprint density at radius 2 is 1.40 bits per heavy atom. The summed E-state index contributed by atoms with van der Waals surface area (Å²) in [6.45, 7) is 10.1. The van der Waals surface area contributed by atoms with Gasteiger partial charge in [0.05, 0.1) is 33.8 Å². The van der Waals surface area contributed by atoms with Gasteiger partial charge in [-0.2, -0.15) is 0 Å². The lowest BCUT2D eigenvalue weighted by atomic mass is 9.85. The average molecular weight is 764 g/mol. The van der Waals surface area contributed by atoms with Crippen LogP contribution in [0.3, 0.4) is 0 Å². The summed E-state index contributed by atoms with van der Waals surface area (Å²) in [6.07, 6.45) is 5.34. The molecule has 0 radical (unpaired) electrons. The highest BCUT2D eigenvalue weighted by Crippen LogP contribution is 2.34. The van der Waals surface area contributed by atoms with E-state index in [0.717, 1.165) is 72.9 Å². The fraction of sp³-hybridized carbons (Fsp3) is 0.405. The topological polar surface area (TPSA) is 136 Å². The van der Waals surface area contributed by atoms with Gasteiger partial charge in [-0.15, -0.1) is 0 Å². The largest absolute Gasteiger partial charge is 0.364 e. The van der Waals surface area contributed by atoms with Crippen molar-refractivity contribution in [2.75, 3.05) is 43.4 Å². The monoisotopic (exact) mass is 763 g/mol. The zero-order chi connectivity index (χ0) is 38.7. The molecule has 3 aliphatic rings. The molecule has 0 bridgehead atoms. The third-order valence-corrected chi connectivity index (χ3v) is 13.0. The van der Waals surface area contributed by atoms with Crippen LogP contribution in [0, 0.1) is 13.8 Å². The van der Waals surface area contributed by atoms with Gasteiger partial charge >= 0.3 is 0 Å². The van der Waals surface area contributed by atoms with Crippen LogP contribution in [-0.2, 0) is 23.1 Å². The molecule has 0 spiro atoms. The van der Waals surface area contributed by atoms with Crippen LogP contribution in [0.25, 0.3) is 0 Å². The Balaban J connectivity index is 0.951. The number of piperidine rings is 2. The number of fused-ring (bicyclic) bond motifs is 1. The highest BCUT2D eigenvalue weighted by molar-refractivity contribution is 7.89. The summed E-state index contributed by atoms with van der Waals surface area (Å²) in [5, 5.41) is 0. The molecule has 2 saturated heterocycles. The van der Waals surface area contributed by atoms with Crippen molar-refractivity contribution in [3.05, 3.63) is 124 Å². The molecule has 3 aromatic carbocycles. The quantitative estimate of drug-likeness (QED) is 0.199. The second-order valence-corrected chi connectivity index (χ2v) is 17.1. The number of sulfonamides is 1. The Bertz CT molecular complexity index is 2090. The number of nitrogens with one attached hydrogen (secondary N) is 1. The lowest BCUT2D eigenvalue weighted by Crippen LogP contribution is -2.58. The molecule has 3 amide bonds. The average Bonchev–Trinajstić information content (AvgIpc) is 3.44. The summed E-state index contributed by atoms with van der Waals surface area (Å²) in [5.41, 5.74) is 5.80. The summed E-state index contributed by atoms with van der Waals surface area (Å²) in [4.78, 5) is 55.4. The fourth-order valence-corrected chi connectivity index (χ4v) is 9.18. The van der Waals surface area contributed by atoms with Crippen LogP contribution >= 0.6 is 0 Å². The van der Waals surface area contributed by atoms with Crippen molar-refractivity contribution in [1.29, 1.82) is 0 Å². The van der Waals surface area contributed by atoms with Crippen LogP contribution in [0.2, 0.25) is 0 Å². The molecule has 0 atom stereocenters. The molecule has 4 aromatic rings. The molecule has 7 rings (SSSR count). The van der Waals surface area contributed by atoms with Gasteiger partial charge in [0.1, 0.15) is 6.33 Å². The maximum absolute atomic E-state index is 13.4. The first-order chi connectivity index (χ1) is 26.4. The van der Waals surface area contributed by atoms with Gasteiger partial charge in [-0.3, -0.25) is 24.2 Å². The summed E-state index contributed by atoms with van der Waals surface area (Å²) in [7, 11) is -3.76. The molecule has 1 N–H and O–H groups in total. The van der Waals surface area contributed by atoms with Gasteiger partial charge in [0.25, 0.3) is 17.7 Å². The molecule has 4 heterocycles. The molecular weight excluding hydrogens is 715 g/mol. The van der Waals surface area contributed by atoms with E-state index in [1.165, 1.54) is 11.9 Å². The standard InChI is InChI=1S/C42H49N7O5S/c1-30-38(31(2)44-29-43-30)41(52)46-23-19-42(3,20-24-46)47-21-17-35(18-22-47)49(28-33-9-5-4-6-10-33)34-15-13-32(14-16-34)27-45-55(53,54)26-25-48-39(50)36-11-7-8-12-37(36)40(48)51/h4-16,29,35,45H,17-28H2,1-3H3. The second kappa shape index (κ2) is 16.0. The lowest BCUT2D eigenvalue weighted by Gasteiger charge is -2.50. The lowest BCUT2D eigenvalue weighted by molar-refractivity contribution is 0.0170. The first kappa shape index (κ1) is 38.3. The predicted molar refractivity (Wildman–Crippen MR) is 211 cm³/mol. The molecule has 55 heavy (non-hydrogen) atoms. The number of nitrogens with zero attached hydrogens (tertiary/aromatic N) is 6. The SMILES string of the molecule is Cc1ncnc(C)c1C(=O)N1CCC(C)(N2CCC(N(Cc3ccccc3)c3ccc(CNS(=O)(=O)CCN4C(=O)c5ccccc5C4=O)cc3)CC2)CC1. The van der Waals surface area contributed by atoms with Crippen LogP contribution in [0.4, 0.5) is 5.69 Å². The van der Waals surface area contributed by atoms with Crippen molar-refractivity contribution >= 4 is 33.4 Å². The first-order valence-corrected chi connectivity index (χ1v) is 20.7. The van der Waals surface area contributed by atoms with Gasteiger partial charge in [-0.1, -0.05) is 54.6 Å². The summed E-state index contributed by atoms with van der Waals surface area (Å²) >= 11 is 0. The van der Waals surface area contributed by atoms with E-state index < -0.39 is 21.8 Å². The smallest absolute Gasteiger partial charge is 0.261 e. The number of aromatic nitrogens is 2. The van der Waals surface area contributed by atoms with Crippen LogP contribution in [0.5, 0.6) is 0 Å². The molecule has 288 valence electrons. The molecule has 12 nitrogen and oxygen atoms in total. The minimum Gasteiger partial charge on any atom is -0.364 e. The highest BCUT2D eigenvalue weighted by atomic mass is 32.2. The summed E-state index contributed by atoms with van der Waals surface area (Å²) < 4.78 is 28.5. The highest BCUT2D eigenvalue weighted by Gasteiger charge is 2.40. The Morgan fingerprint density at radius 3 is 2.00 bits per heavy atom. The number of carbonyl (C=O) groups excluding carboxylic acids is 3. The van der Waals surface area contributed by atoms with Gasteiger partial charge in [0.2, 0.25) is 10.0 Å². The molecule has 1 aromatic heterocycles. The minimum absolute atomic E-state index is 0.0167. The van der Waals surface area contributed by atoms with E-state index in [2.05, 4.69) is 67.8 Å². The van der Waals surface area contributed by atoms with Gasteiger partial charge < -0.3 is 9.80 Å². The van der Waals surface area contributed by atoms with Crippen molar-refractivity contribution in [1.82, 2.24) is 29.4 Å². The van der Waals surface area contributed by atoms with E-state index in [1.807, 2.05) is 36.9 Å². The van der Waals surface area contributed by atoms with E-state index in [-0.39, 0.29) is 30.3 Å². The summed E-state index contributed by atoms with van der Waals surface area (Å²) in [5.74, 6) is -1.29. The number of amides is 3. The molecular formula is C42H49N7O5S. The third-order valence-electron chi connectivity index (χ3n) is 11.7. The number of benzene rings is 3. The maximum Gasteiger partial charge on any atom is 0.261 e. The van der Waals surface area contributed by atoms with E-state index in [9.17, 15) is 22.8 Å². The van der Waals surface area contributed by atoms with E-state index in [4.69, 9.17) is 0 Å². The first-order valence-electron chi connectivity index (χ1n) is 19.1. The molecule has 3 aliphatic heterocycles. The van der Waals surface area contributed by atoms with Crippen molar-refractivity contribution in [3.63, 3.8) is 0 Å². The van der Waals surface area contributed by atoms with Gasteiger partial charge in [-0.25, -0.2) is 23.1 Å². The number of anilines is 1. The number of hydrogen-bond acceptors (Lipinski definition) is 9. The zero-order valence-corrected chi connectivity index (χ0v) is 32.6. The number of hydrogen-bond donors (Lipinski definition) is 1. The predicted octanol–water partition coefficient (Wildman–Crippen LogP) is 4.97. The Hall–Kier alpha value is -4.98. The van der Waals surface area contributed by atoms with E-state index >= 15 is 0 Å². The normalized spacial score (nSPS) is 17.7. The molecule has 0 unspecified atom stereocenters. The van der Waals surface area contributed by atoms with Crippen LogP contribution in [0.1, 0.15) is 86.2 Å². The van der Waals surface area contributed by atoms with Crippen LogP contribution < -0.4 is 9.62 Å². The number of aryl methyl sites for hydroxylation is 2. The van der Waals surface area contributed by atoms with Gasteiger partial charge in [0.15, 0.2) is 0 Å². The number of likely N-dealkylation sites (tertiary alicyclic amines) is 2. The van der Waals surface area contributed by atoms with Crippen molar-refractivity contribution < 1.29 is 22.8 Å². The Labute approximate surface area is 323 Å². The molecule has 0 aliphatic carbocycles. The van der Waals surface area contributed by atoms with E-state index in [1.54, 1.807) is 24.3 Å².